The van der Waals surface area contributed by atoms with Crippen molar-refractivity contribution >= 4 is 35.5 Å². The van der Waals surface area contributed by atoms with Crippen LogP contribution in [-0.4, -0.2) is 81.3 Å². The fourth-order valence-corrected chi connectivity index (χ4v) is 3.82. The summed E-state index contributed by atoms with van der Waals surface area (Å²) < 4.78 is 0. The fraction of sp³-hybridized carbons (Fsp3) is 0.583. The second kappa shape index (κ2) is 15.3. The first-order chi connectivity index (χ1) is 16.9. The monoisotopic (exact) mass is 526 g/mol. The minimum atomic E-state index is -1.39. The van der Waals surface area contributed by atoms with Gasteiger partial charge in [-0.25, -0.2) is 4.79 Å². The van der Waals surface area contributed by atoms with Crippen molar-refractivity contribution in [2.75, 3.05) is 12.0 Å². The zero-order valence-electron chi connectivity index (χ0n) is 21.1. The summed E-state index contributed by atoms with van der Waals surface area (Å²) in [5.41, 5.74) is 6.66. The lowest BCUT2D eigenvalue weighted by molar-refractivity contribution is -0.142. The number of benzene rings is 1. The minimum Gasteiger partial charge on any atom is -0.508 e. The van der Waals surface area contributed by atoms with Crippen LogP contribution < -0.4 is 21.7 Å². The van der Waals surface area contributed by atoms with Crippen LogP contribution in [0.25, 0.3) is 0 Å². The molecule has 36 heavy (non-hydrogen) atoms. The maximum atomic E-state index is 13.0. The van der Waals surface area contributed by atoms with Crippen LogP contribution in [0, 0.1) is 5.92 Å². The van der Waals surface area contributed by atoms with E-state index in [0.717, 1.165) is 0 Å². The first-order valence-corrected chi connectivity index (χ1v) is 13.1. The Kier molecular flexibility index (Phi) is 13.3. The summed E-state index contributed by atoms with van der Waals surface area (Å²) in [7, 11) is 0. The third-order valence-corrected chi connectivity index (χ3v) is 6.45. The van der Waals surface area contributed by atoms with E-state index in [1.54, 1.807) is 19.1 Å². The molecule has 1 aromatic rings. The van der Waals surface area contributed by atoms with Crippen molar-refractivity contribution < 1.29 is 34.5 Å². The molecular weight excluding hydrogens is 488 g/mol. The number of hydrogen-bond donors (Lipinski definition) is 7. The number of aliphatic carboxylic acids is 1. The molecule has 0 heterocycles. The lowest BCUT2D eigenvalue weighted by atomic mass is 9.97. The molecule has 12 heteroatoms. The Bertz CT molecular complexity index is 882. The van der Waals surface area contributed by atoms with Crippen LogP contribution in [0.15, 0.2) is 24.3 Å². The highest BCUT2D eigenvalue weighted by atomic mass is 32.2. The van der Waals surface area contributed by atoms with Crippen LogP contribution in [0.5, 0.6) is 5.75 Å². The van der Waals surface area contributed by atoms with Crippen LogP contribution in [0.3, 0.4) is 0 Å². The first-order valence-electron chi connectivity index (χ1n) is 11.8. The third-order valence-electron chi connectivity index (χ3n) is 5.81. The van der Waals surface area contributed by atoms with Crippen molar-refractivity contribution in [1.29, 1.82) is 0 Å². The second-order valence-electron chi connectivity index (χ2n) is 8.76. The average Bonchev–Trinajstić information content (AvgIpc) is 2.83. The van der Waals surface area contributed by atoms with Gasteiger partial charge in [0.25, 0.3) is 0 Å². The Balaban J connectivity index is 2.93. The maximum Gasteiger partial charge on any atom is 0.326 e. The standard InChI is InChI=1S/C24H38N4O7S/c1-5-13(2)19(22(32)26-18(24(34)35)10-11-36-4)27-23(33)20(14(3)29)28-21(31)17(25)12-15-6-8-16(30)9-7-15/h6-9,13-14,17-20,29-30H,5,10-12,25H2,1-4H3,(H,26,32)(H,27,33)(H,28,31)(H,34,35). The predicted octanol–water partition coefficient (Wildman–Crippen LogP) is -0.0190. The zero-order valence-corrected chi connectivity index (χ0v) is 21.9. The zero-order chi connectivity index (χ0) is 27.4. The van der Waals surface area contributed by atoms with Gasteiger partial charge in [-0.2, -0.15) is 11.8 Å². The van der Waals surface area contributed by atoms with Crippen LogP contribution in [-0.2, 0) is 25.6 Å². The van der Waals surface area contributed by atoms with E-state index in [9.17, 15) is 34.5 Å². The number of rotatable bonds is 15. The number of hydrogen-bond acceptors (Lipinski definition) is 8. The molecule has 0 aliphatic rings. The number of aliphatic hydroxyl groups is 1. The van der Waals surface area contributed by atoms with Crippen molar-refractivity contribution in [3.8, 4) is 5.75 Å². The van der Waals surface area contributed by atoms with Gasteiger partial charge in [-0.05, 0) is 55.4 Å². The Morgan fingerprint density at radius 3 is 2.03 bits per heavy atom. The molecule has 8 N–H and O–H groups in total. The van der Waals surface area contributed by atoms with E-state index in [1.807, 2.05) is 13.2 Å². The number of aromatic hydroxyl groups is 1. The van der Waals surface area contributed by atoms with E-state index >= 15 is 0 Å². The van der Waals surface area contributed by atoms with Gasteiger partial charge in [0, 0.05) is 0 Å². The van der Waals surface area contributed by atoms with Crippen molar-refractivity contribution in [2.24, 2.45) is 11.7 Å². The van der Waals surface area contributed by atoms with E-state index in [2.05, 4.69) is 16.0 Å². The summed E-state index contributed by atoms with van der Waals surface area (Å²) in [5, 5.41) is 36.4. The number of nitrogens with two attached hydrogens (primary N) is 1. The molecule has 1 aromatic carbocycles. The highest BCUT2D eigenvalue weighted by Crippen LogP contribution is 2.12. The SMILES string of the molecule is CCC(C)C(NC(=O)C(NC(=O)C(N)Cc1ccc(O)cc1)C(C)O)C(=O)NC(CCSC)C(=O)O. The molecule has 1 rings (SSSR count). The molecule has 0 saturated carbocycles. The molecule has 6 unspecified atom stereocenters. The number of carboxylic acids is 1. The number of amides is 3. The summed E-state index contributed by atoms with van der Waals surface area (Å²) in [6.45, 7) is 4.86. The highest BCUT2D eigenvalue weighted by molar-refractivity contribution is 7.98. The third kappa shape index (κ3) is 10.0. The molecule has 6 atom stereocenters. The number of thioether (sulfide) groups is 1. The Hall–Kier alpha value is -2.83. The Morgan fingerprint density at radius 1 is 0.972 bits per heavy atom. The molecular formula is C24H38N4O7S. The van der Waals surface area contributed by atoms with Crippen LogP contribution in [0.1, 0.15) is 39.2 Å². The van der Waals surface area contributed by atoms with Gasteiger partial charge in [-0.15, -0.1) is 0 Å². The summed E-state index contributed by atoms with van der Waals surface area (Å²) in [6.07, 6.45) is 1.37. The normalized spacial score (nSPS) is 16.1. The van der Waals surface area contributed by atoms with Gasteiger partial charge in [0.15, 0.2) is 0 Å². The molecule has 0 aliphatic carbocycles. The molecule has 0 bridgehead atoms. The summed E-state index contributed by atoms with van der Waals surface area (Å²) >= 11 is 1.45. The Labute approximate surface area is 215 Å². The van der Waals surface area contributed by atoms with Crippen LogP contribution >= 0.6 is 11.8 Å². The molecule has 0 spiro atoms. The van der Waals surface area contributed by atoms with Crippen molar-refractivity contribution in [1.82, 2.24) is 16.0 Å². The number of nitrogens with one attached hydrogen (secondary N) is 3. The van der Waals surface area contributed by atoms with Gasteiger partial charge in [0.1, 0.15) is 23.9 Å². The molecule has 0 aromatic heterocycles. The topological polar surface area (TPSA) is 191 Å². The number of phenolic OH excluding ortho intramolecular Hbond substituents is 1. The largest absolute Gasteiger partial charge is 0.508 e. The number of phenols is 1. The highest BCUT2D eigenvalue weighted by Gasteiger charge is 2.34. The van der Waals surface area contributed by atoms with Crippen molar-refractivity contribution in [3.05, 3.63) is 29.8 Å². The number of carbonyl (C=O) groups excluding carboxylic acids is 3. The van der Waals surface area contributed by atoms with E-state index in [-0.39, 0.29) is 24.5 Å². The molecule has 0 fully saturated rings. The Morgan fingerprint density at radius 2 is 1.53 bits per heavy atom. The van der Waals surface area contributed by atoms with Crippen molar-refractivity contribution in [2.45, 2.75) is 70.3 Å². The number of aliphatic hydroxyl groups excluding tert-OH is 1. The maximum absolute atomic E-state index is 13.0. The molecule has 11 nitrogen and oxygen atoms in total. The predicted molar refractivity (Wildman–Crippen MR) is 137 cm³/mol. The smallest absolute Gasteiger partial charge is 0.326 e. The summed E-state index contributed by atoms with van der Waals surface area (Å²) in [4.78, 5) is 50.1. The summed E-state index contributed by atoms with van der Waals surface area (Å²) in [6, 6.07) is 1.52. The number of carbonyl (C=O) groups is 4. The lowest BCUT2D eigenvalue weighted by Crippen LogP contribution is -2.61. The van der Waals surface area contributed by atoms with Crippen molar-refractivity contribution in [3.63, 3.8) is 0 Å². The van der Waals surface area contributed by atoms with Crippen LogP contribution in [0.4, 0.5) is 0 Å². The lowest BCUT2D eigenvalue weighted by Gasteiger charge is -2.29. The van der Waals surface area contributed by atoms with E-state index in [0.29, 0.717) is 17.7 Å². The molecule has 202 valence electrons. The average molecular weight is 527 g/mol. The van der Waals surface area contributed by atoms with Gasteiger partial charge < -0.3 is 37.0 Å². The van der Waals surface area contributed by atoms with E-state index in [4.69, 9.17) is 5.73 Å². The van der Waals surface area contributed by atoms with Gasteiger partial charge >= 0.3 is 5.97 Å². The van der Waals surface area contributed by atoms with Gasteiger partial charge in [-0.1, -0.05) is 32.4 Å². The van der Waals surface area contributed by atoms with Gasteiger partial charge in [0.2, 0.25) is 17.7 Å². The molecule has 0 saturated heterocycles. The fourth-order valence-electron chi connectivity index (χ4n) is 3.34. The second-order valence-corrected chi connectivity index (χ2v) is 9.74. The first kappa shape index (κ1) is 31.2. The molecule has 0 aliphatic heterocycles. The van der Waals surface area contributed by atoms with Gasteiger partial charge in [-0.3, -0.25) is 14.4 Å². The van der Waals surface area contributed by atoms with Crippen LogP contribution in [0.2, 0.25) is 0 Å². The van der Waals surface area contributed by atoms with Gasteiger partial charge in [0.05, 0.1) is 12.1 Å². The number of carboxylic acid groups (broad SMARTS) is 1. The quantitative estimate of drug-likeness (QED) is 0.165. The van der Waals surface area contributed by atoms with E-state index < -0.39 is 54.0 Å². The molecule has 0 radical (unpaired) electrons. The minimum absolute atomic E-state index is 0.0708. The molecule has 3 amide bonds. The van der Waals surface area contributed by atoms with E-state index in [1.165, 1.54) is 30.8 Å². The summed E-state index contributed by atoms with van der Waals surface area (Å²) in [5.74, 6) is -3.08.